The minimum atomic E-state index is -4.16. The predicted octanol–water partition coefficient (Wildman–Crippen LogP) is 6.47. The number of hydrogen-bond acceptors (Lipinski definition) is 8. The molecule has 0 radical (unpaired) electrons. The number of hydrogen-bond donors (Lipinski definition) is 2. The van der Waals surface area contributed by atoms with Gasteiger partial charge in [0.05, 0.1) is 42.0 Å². The fourth-order valence-corrected chi connectivity index (χ4v) is 8.26. The van der Waals surface area contributed by atoms with Gasteiger partial charge in [0.15, 0.2) is 11.0 Å². The van der Waals surface area contributed by atoms with Crippen molar-refractivity contribution >= 4 is 48.7 Å². The molecule has 0 bridgehead atoms. The maximum atomic E-state index is 12.7. The molecule has 2 N–H and O–H groups in total. The molecule has 13 heteroatoms. The van der Waals surface area contributed by atoms with Crippen molar-refractivity contribution in [2.24, 2.45) is 0 Å². The summed E-state index contributed by atoms with van der Waals surface area (Å²) in [5.74, 6) is 1.20. The molecule has 1 aliphatic heterocycles. The normalized spacial score (nSPS) is 14.1. The number of aryl methyl sites for hydroxylation is 2. The second kappa shape index (κ2) is 16.0. The molecule has 0 saturated heterocycles. The smallest absolute Gasteiger partial charge is 0.286 e. The standard InChI is InChI=1S/C39H45N5O6S2/c1-4-40-50-52(48,49)26-14-24-44-37-28-33(31-17-11-8-12-18-31)20-22-35(37)42(6-3)39(44)29-38-41(5-2)34-21-19-32(30-15-9-7-10-16-30)27-36(34)43(38)23-13-25-51(45,46)47/h7-12,15-22,27-29,40H,4-6,13-14,23-26H2,1-3H3/p+1. The summed E-state index contributed by atoms with van der Waals surface area (Å²) in [4.78, 5) is 4.40. The Labute approximate surface area is 306 Å². The van der Waals surface area contributed by atoms with Gasteiger partial charge in [0.2, 0.25) is 0 Å². The van der Waals surface area contributed by atoms with E-state index in [4.69, 9.17) is 4.28 Å². The van der Waals surface area contributed by atoms with Crippen LogP contribution >= 0.6 is 0 Å². The van der Waals surface area contributed by atoms with Crippen molar-refractivity contribution in [3.05, 3.63) is 109 Å². The van der Waals surface area contributed by atoms with Crippen LogP contribution in [-0.2, 0) is 37.6 Å². The van der Waals surface area contributed by atoms with Crippen LogP contribution in [0.2, 0.25) is 0 Å². The maximum Gasteiger partial charge on any atom is 0.286 e. The number of hydroxylamine groups is 1. The lowest BCUT2D eigenvalue weighted by Gasteiger charge is -2.24. The average Bonchev–Trinajstić information content (AvgIpc) is 3.60. The van der Waals surface area contributed by atoms with Crippen LogP contribution in [0.3, 0.4) is 0 Å². The summed E-state index contributed by atoms with van der Waals surface area (Å²) in [6.45, 7) is 8.33. The third-order valence-corrected chi connectivity index (χ3v) is 11.2. The number of nitrogens with one attached hydrogen (secondary N) is 1. The van der Waals surface area contributed by atoms with E-state index in [1.54, 1.807) is 6.92 Å². The SMILES string of the molecule is CCNOS(=O)(=O)CCCN1C(=Cc2n(CCCS(=O)(=O)O)c3cc(-c4ccccc4)ccc3[n+]2CC)N(CC)c2ccc(-c3ccccc3)cc21. The van der Waals surface area contributed by atoms with Crippen molar-refractivity contribution in [2.45, 2.75) is 46.7 Å². The Bertz CT molecular complexity index is 2270. The molecule has 2 heterocycles. The van der Waals surface area contributed by atoms with Crippen LogP contribution in [0.25, 0.3) is 39.4 Å². The van der Waals surface area contributed by atoms with Gasteiger partial charge in [0, 0.05) is 26.1 Å². The topological polar surface area (TPSA) is 125 Å². The highest BCUT2D eigenvalue weighted by Gasteiger charge is 2.34. The molecular weight excluding hydrogens is 699 g/mol. The molecule has 0 atom stereocenters. The number of benzene rings is 4. The third-order valence-electron chi connectivity index (χ3n) is 9.22. The molecule has 0 amide bonds. The van der Waals surface area contributed by atoms with Gasteiger partial charge in [-0.1, -0.05) is 73.7 Å². The van der Waals surface area contributed by atoms with Crippen molar-refractivity contribution in [3.63, 3.8) is 0 Å². The molecular formula is C39H46N5O6S2+. The summed E-state index contributed by atoms with van der Waals surface area (Å²) < 4.78 is 67.9. The van der Waals surface area contributed by atoms with Crippen molar-refractivity contribution in [1.29, 1.82) is 0 Å². The van der Waals surface area contributed by atoms with Crippen molar-refractivity contribution < 1.29 is 30.2 Å². The zero-order valence-corrected chi connectivity index (χ0v) is 31.4. The lowest BCUT2D eigenvalue weighted by Crippen LogP contribution is -2.37. The van der Waals surface area contributed by atoms with E-state index < -0.39 is 20.2 Å². The van der Waals surface area contributed by atoms with E-state index in [1.807, 2.05) is 36.4 Å². The quantitative estimate of drug-likeness (QED) is 0.0665. The summed E-state index contributed by atoms with van der Waals surface area (Å²) in [5, 5.41) is 0. The Kier molecular flexibility index (Phi) is 11.5. The molecule has 0 aliphatic carbocycles. The van der Waals surface area contributed by atoms with Crippen LogP contribution in [0.5, 0.6) is 0 Å². The predicted molar refractivity (Wildman–Crippen MR) is 208 cm³/mol. The number of rotatable bonds is 16. The lowest BCUT2D eigenvalue weighted by atomic mass is 10.0. The molecule has 1 aromatic heterocycles. The molecule has 5 aromatic rings. The maximum absolute atomic E-state index is 12.7. The third kappa shape index (κ3) is 8.24. The van der Waals surface area contributed by atoms with E-state index in [9.17, 15) is 21.4 Å². The van der Waals surface area contributed by atoms with Gasteiger partial charge < -0.3 is 9.80 Å². The van der Waals surface area contributed by atoms with E-state index in [1.165, 1.54) is 0 Å². The molecule has 274 valence electrons. The highest BCUT2D eigenvalue weighted by molar-refractivity contribution is 7.86. The van der Waals surface area contributed by atoms with Gasteiger partial charge in [-0.2, -0.15) is 26.6 Å². The fourth-order valence-electron chi connectivity index (χ4n) is 6.90. The molecule has 0 fully saturated rings. The molecule has 6 rings (SSSR count). The second-order valence-corrected chi connectivity index (χ2v) is 15.9. The zero-order valence-electron chi connectivity index (χ0n) is 29.8. The van der Waals surface area contributed by atoms with Crippen LogP contribution in [0.4, 0.5) is 11.4 Å². The molecule has 11 nitrogen and oxygen atoms in total. The van der Waals surface area contributed by atoms with Gasteiger partial charge in [-0.15, -0.1) is 0 Å². The Balaban J connectivity index is 1.51. The van der Waals surface area contributed by atoms with E-state index in [-0.39, 0.29) is 17.9 Å². The van der Waals surface area contributed by atoms with Crippen molar-refractivity contribution in [2.75, 3.05) is 40.9 Å². The summed E-state index contributed by atoms with van der Waals surface area (Å²) in [5.41, 5.74) is 10.6. The molecule has 52 heavy (non-hydrogen) atoms. The fraction of sp³-hybridized carbons (Fsp3) is 0.308. The van der Waals surface area contributed by atoms with E-state index in [2.05, 4.69) is 105 Å². The summed E-state index contributed by atoms with van der Waals surface area (Å²) >= 11 is 0. The molecule has 0 spiro atoms. The first-order valence-corrected chi connectivity index (χ1v) is 20.9. The molecule has 0 saturated carbocycles. The first-order chi connectivity index (χ1) is 25.0. The summed E-state index contributed by atoms with van der Waals surface area (Å²) in [6, 6.07) is 32.9. The largest absolute Gasteiger partial charge is 0.326 e. The number of nitrogens with zero attached hydrogens (tertiary/aromatic N) is 4. The van der Waals surface area contributed by atoms with Gasteiger partial charge in [0.25, 0.3) is 26.1 Å². The Morgan fingerprint density at radius 1 is 0.731 bits per heavy atom. The van der Waals surface area contributed by atoms with Gasteiger partial charge in [-0.25, -0.2) is 9.13 Å². The zero-order chi connectivity index (χ0) is 36.9. The van der Waals surface area contributed by atoms with Crippen LogP contribution in [-0.4, -0.2) is 57.1 Å². The van der Waals surface area contributed by atoms with Crippen LogP contribution in [0, 0.1) is 0 Å². The Morgan fingerprint density at radius 2 is 1.37 bits per heavy atom. The number of anilines is 2. The van der Waals surface area contributed by atoms with Gasteiger partial charge in [-0.3, -0.25) is 4.55 Å². The number of aromatic nitrogens is 2. The van der Waals surface area contributed by atoms with E-state index in [0.29, 0.717) is 39.1 Å². The van der Waals surface area contributed by atoms with Crippen molar-refractivity contribution in [1.82, 2.24) is 10.0 Å². The Morgan fingerprint density at radius 3 is 1.98 bits per heavy atom. The minimum Gasteiger partial charge on any atom is -0.326 e. The van der Waals surface area contributed by atoms with Crippen LogP contribution in [0.1, 0.15) is 39.4 Å². The van der Waals surface area contributed by atoms with Crippen LogP contribution in [0.15, 0.2) is 103 Å². The van der Waals surface area contributed by atoms with Gasteiger partial charge >= 0.3 is 0 Å². The van der Waals surface area contributed by atoms with Crippen molar-refractivity contribution in [3.8, 4) is 22.3 Å². The first kappa shape index (κ1) is 37.2. The molecule has 0 unspecified atom stereocenters. The molecule has 1 aliphatic rings. The monoisotopic (exact) mass is 744 g/mol. The highest BCUT2D eigenvalue weighted by Crippen LogP contribution is 2.44. The summed E-state index contributed by atoms with van der Waals surface area (Å²) in [6.07, 6.45) is 2.64. The second-order valence-electron chi connectivity index (χ2n) is 12.6. The lowest BCUT2D eigenvalue weighted by molar-refractivity contribution is -0.670. The van der Waals surface area contributed by atoms with Crippen LogP contribution < -0.4 is 19.8 Å². The number of imidazole rings is 1. The minimum absolute atomic E-state index is 0.170. The molecule has 4 aromatic carbocycles. The van der Waals surface area contributed by atoms with E-state index >= 15 is 0 Å². The average molecular weight is 745 g/mol. The first-order valence-electron chi connectivity index (χ1n) is 17.7. The van der Waals surface area contributed by atoms with E-state index in [0.717, 1.165) is 56.3 Å². The number of fused-ring (bicyclic) bond motifs is 2. The van der Waals surface area contributed by atoms with Gasteiger partial charge in [0.1, 0.15) is 5.82 Å². The summed E-state index contributed by atoms with van der Waals surface area (Å²) in [7, 11) is -7.95. The van der Waals surface area contributed by atoms with Gasteiger partial charge in [-0.05, 0) is 72.9 Å². The highest BCUT2D eigenvalue weighted by atomic mass is 32.2. The Hall–Kier alpha value is -4.53.